The molecule has 1 aromatic heterocycles. The number of nitrogens with one attached hydrogen (secondary N) is 1. The van der Waals surface area contributed by atoms with Crippen molar-refractivity contribution in [3.05, 3.63) is 34.0 Å². The van der Waals surface area contributed by atoms with E-state index in [1.807, 2.05) is 11.3 Å². The largest absolute Gasteiger partial charge is 0.312 e. The summed E-state index contributed by atoms with van der Waals surface area (Å²) in [6.45, 7) is 10.1. The normalized spacial score (nSPS) is 10.3. The number of aryl methyl sites for hydroxylation is 1. The number of hydrogen-bond donors (Lipinski definition) is 1. The molecule has 0 bridgehead atoms. The van der Waals surface area contributed by atoms with Crippen LogP contribution in [0.25, 0.3) is 0 Å². The first-order valence-electron chi connectivity index (χ1n) is 4.58. The van der Waals surface area contributed by atoms with Crippen LogP contribution in [-0.4, -0.2) is 6.54 Å². The van der Waals surface area contributed by atoms with Gasteiger partial charge >= 0.3 is 0 Å². The van der Waals surface area contributed by atoms with Crippen molar-refractivity contribution in [1.82, 2.24) is 5.32 Å². The van der Waals surface area contributed by atoms with Gasteiger partial charge in [0.05, 0.1) is 0 Å². The zero-order valence-electron chi connectivity index (χ0n) is 8.39. The average Bonchev–Trinajstić information content (AvgIpc) is 2.45. The lowest BCUT2D eigenvalue weighted by Crippen LogP contribution is -2.14. The molecule has 1 nitrogen and oxygen atoms in total. The predicted molar refractivity (Wildman–Crippen MR) is 60.2 cm³/mol. The van der Waals surface area contributed by atoms with E-state index in [9.17, 15) is 0 Å². The fraction of sp³-hybridized carbons (Fsp3) is 0.455. The summed E-state index contributed by atoms with van der Waals surface area (Å²) in [5, 5.41) is 5.55. The van der Waals surface area contributed by atoms with Gasteiger partial charge in [-0.1, -0.05) is 5.57 Å². The molecule has 1 heterocycles. The van der Waals surface area contributed by atoms with Crippen LogP contribution in [0.2, 0.25) is 0 Å². The van der Waals surface area contributed by atoms with Crippen molar-refractivity contribution < 1.29 is 0 Å². The van der Waals surface area contributed by atoms with Crippen molar-refractivity contribution in [2.75, 3.05) is 6.54 Å². The molecule has 2 heteroatoms. The fourth-order valence-electron chi connectivity index (χ4n) is 1.09. The van der Waals surface area contributed by atoms with Crippen molar-refractivity contribution in [3.8, 4) is 0 Å². The Bertz CT molecular complexity index is 275. The molecular weight excluding hydrogens is 178 g/mol. The SMILES string of the molecule is C=C(C)CCNCc1sccc1C. The van der Waals surface area contributed by atoms with E-state index in [1.54, 1.807) is 0 Å². The van der Waals surface area contributed by atoms with Crippen LogP contribution >= 0.6 is 11.3 Å². The Balaban J connectivity index is 2.20. The van der Waals surface area contributed by atoms with E-state index in [1.165, 1.54) is 16.0 Å². The van der Waals surface area contributed by atoms with E-state index in [0.717, 1.165) is 19.5 Å². The van der Waals surface area contributed by atoms with Gasteiger partial charge in [0, 0.05) is 11.4 Å². The molecule has 1 N–H and O–H groups in total. The predicted octanol–water partition coefficient (Wildman–Crippen LogP) is 3.11. The minimum Gasteiger partial charge on any atom is -0.312 e. The molecule has 1 aromatic rings. The molecule has 72 valence electrons. The third kappa shape index (κ3) is 3.75. The minimum atomic E-state index is 0.997. The maximum Gasteiger partial charge on any atom is 0.0302 e. The molecule has 0 saturated heterocycles. The molecule has 0 radical (unpaired) electrons. The number of hydrogen-bond acceptors (Lipinski definition) is 2. The summed E-state index contributed by atoms with van der Waals surface area (Å²) >= 11 is 1.82. The van der Waals surface area contributed by atoms with Gasteiger partial charge in [-0.05, 0) is 43.8 Å². The van der Waals surface area contributed by atoms with Gasteiger partial charge in [-0.15, -0.1) is 17.9 Å². The molecule has 0 aliphatic heterocycles. The summed E-state index contributed by atoms with van der Waals surface area (Å²) < 4.78 is 0. The van der Waals surface area contributed by atoms with Crippen LogP contribution in [-0.2, 0) is 6.54 Å². The van der Waals surface area contributed by atoms with Crippen molar-refractivity contribution in [2.24, 2.45) is 0 Å². The Morgan fingerprint density at radius 2 is 2.38 bits per heavy atom. The third-order valence-electron chi connectivity index (χ3n) is 1.98. The van der Waals surface area contributed by atoms with E-state index >= 15 is 0 Å². The van der Waals surface area contributed by atoms with Crippen molar-refractivity contribution in [1.29, 1.82) is 0 Å². The summed E-state index contributed by atoms with van der Waals surface area (Å²) in [6, 6.07) is 2.17. The van der Waals surface area contributed by atoms with Crippen LogP contribution < -0.4 is 5.32 Å². The molecule has 0 unspecified atom stereocenters. The van der Waals surface area contributed by atoms with Gasteiger partial charge in [-0.3, -0.25) is 0 Å². The summed E-state index contributed by atoms with van der Waals surface area (Å²) in [5.74, 6) is 0. The quantitative estimate of drug-likeness (QED) is 0.562. The molecule has 1 rings (SSSR count). The second kappa shape index (κ2) is 5.20. The Kier molecular flexibility index (Phi) is 4.19. The van der Waals surface area contributed by atoms with E-state index in [-0.39, 0.29) is 0 Å². The molecule has 0 aromatic carbocycles. The molecule has 13 heavy (non-hydrogen) atoms. The van der Waals surface area contributed by atoms with Crippen LogP contribution in [0.3, 0.4) is 0 Å². The van der Waals surface area contributed by atoms with Crippen molar-refractivity contribution in [2.45, 2.75) is 26.8 Å². The maximum atomic E-state index is 3.87. The zero-order valence-corrected chi connectivity index (χ0v) is 9.21. The topological polar surface area (TPSA) is 12.0 Å². The fourth-order valence-corrected chi connectivity index (χ4v) is 1.96. The molecule has 0 fully saturated rings. The molecule has 0 atom stereocenters. The van der Waals surface area contributed by atoms with Crippen LogP contribution in [0.5, 0.6) is 0 Å². The first-order chi connectivity index (χ1) is 6.20. The summed E-state index contributed by atoms with van der Waals surface area (Å²) in [5.41, 5.74) is 2.64. The Labute approximate surface area is 84.5 Å². The van der Waals surface area contributed by atoms with Crippen molar-refractivity contribution >= 4 is 11.3 Å². The van der Waals surface area contributed by atoms with Crippen LogP contribution in [0.4, 0.5) is 0 Å². The highest BCUT2D eigenvalue weighted by Gasteiger charge is 1.97. The minimum absolute atomic E-state index is 0.997. The second-order valence-corrected chi connectivity index (χ2v) is 4.41. The Morgan fingerprint density at radius 3 is 2.92 bits per heavy atom. The zero-order chi connectivity index (χ0) is 9.68. The number of thiophene rings is 1. The number of rotatable bonds is 5. The van der Waals surface area contributed by atoms with Crippen molar-refractivity contribution in [3.63, 3.8) is 0 Å². The van der Waals surface area contributed by atoms with Crippen LogP contribution in [0.1, 0.15) is 23.8 Å². The van der Waals surface area contributed by atoms with Crippen LogP contribution in [0, 0.1) is 6.92 Å². The third-order valence-corrected chi connectivity index (χ3v) is 3.01. The summed E-state index contributed by atoms with van der Waals surface area (Å²) in [6.07, 6.45) is 1.07. The highest BCUT2D eigenvalue weighted by atomic mass is 32.1. The lowest BCUT2D eigenvalue weighted by atomic mass is 10.2. The standard InChI is InChI=1S/C11H17NS/c1-9(2)4-6-12-8-11-10(3)5-7-13-11/h5,7,12H,1,4,6,8H2,2-3H3. The molecule has 0 aliphatic rings. The summed E-state index contributed by atoms with van der Waals surface area (Å²) in [7, 11) is 0. The van der Waals surface area contributed by atoms with E-state index in [2.05, 4.69) is 37.2 Å². The molecular formula is C11H17NS. The van der Waals surface area contributed by atoms with Gasteiger partial charge < -0.3 is 5.32 Å². The van der Waals surface area contributed by atoms with Gasteiger partial charge in [0.15, 0.2) is 0 Å². The Hall–Kier alpha value is -0.600. The summed E-state index contributed by atoms with van der Waals surface area (Å²) in [4.78, 5) is 1.45. The maximum absolute atomic E-state index is 3.87. The van der Waals surface area contributed by atoms with E-state index < -0.39 is 0 Å². The van der Waals surface area contributed by atoms with Gasteiger partial charge in [-0.2, -0.15) is 0 Å². The van der Waals surface area contributed by atoms with Gasteiger partial charge in [0.2, 0.25) is 0 Å². The smallest absolute Gasteiger partial charge is 0.0302 e. The first kappa shape index (κ1) is 10.5. The molecule has 0 saturated carbocycles. The highest BCUT2D eigenvalue weighted by Crippen LogP contribution is 2.14. The lowest BCUT2D eigenvalue weighted by Gasteiger charge is -2.03. The van der Waals surface area contributed by atoms with Gasteiger partial charge in [-0.25, -0.2) is 0 Å². The average molecular weight is 195 g/mol. The Morgan fingerprint density at radius 1 is 1.62 bits per heavy atom. The highest BCUT2D eigenvalue weighted by molar-refractivity contribution is 7.10. The van der Waals surface area contributed by atoms with Gasteiger partial charge in [0.1, 0.15) is 0 Å². The second-order valence-electron chi connectivity index (χ2n) is 3.41. The lowest BCUT2D eigenvalue weighted by molar-refractivity contribution is 0.689. The first-order valence-corrected chi connectivity index (χ1v) is 5.46. The molecule has 0 amide bonds. The van der Waals surface area contributed by atoms with Gasteiger partial charge in [0.25, 0.3) is 0 Å². The van der Waals surface area contributed by atoms with Crippen LogP contribution in [0.15, 0.2) is 23.6 Å². The molecule has 0 spiro atoms. The van der Waals surface area contributed by atoms with E-state index in [4.69, 9.17) is 0 Å². The monoisotopic (exact) mass is 195 g/mol. The molecule has 0 aliphatic carbocycles. The van der Waals surface area contributed by atoms with E-state index in [0.29, 0.717) is 0 Å².